The van der Waals surface area contributed by atoms with E-state index in [9.17, 15) is 0 Å². The Morgan fingerprint density at radius 2 is 1.37 bits per heavy atom. The summed E-state index contributed by atoms with van der Waals surface area (Å²) in [5.41, 5.74) is 3.73. The van der Waals surface area contributed by atoms with Crippen molar-refractivity contribution in [2.45, 2.75) is 25.0 Å². The summed E-state index contributed by atoms with van der Waals surface area (Å²) in [4.78, 5) is 5.06. The molecule has 0 bridgehead atoms. The van der Waals surface area contributed by atoms with Crippen LogP contribution in [0.15, 0.2) is 108 Å². The molecular weight excluding hydrogens is 366 g/mol. The lowest BCUT2D eigenvalue weighted by Crippen LogP contribution is -2.37. The van der Waals surface area contributed by atoms with Gasteiger partial charge in [0.25, 0.3) is 0 Å². The highest BCUT2D eigenvalue weighted by atomic mass is 15.3. The number of hydrogen-bond acceptors (Lipinski definition) is 3. The standard InChI is InChI=1S/C27H25N3/c1-19(23-18-10-16-20-11-8-9-17-24(20)23)28-27-29-25(21-12-4-2-5-13-21)26(30-27)22-14-6-3-7-15-22/h2-19,25-26H,1H3,(H2,28,29,30)/t19-,25-,26-/m0/s1. The summed E-state index contributed by atoms with van der Waals surface area (Å²) < 4.78 is 0. The van der Waals surface area contributed by atoms with E-state index in [4.69, 9.17) is 4.99 Å². The maximum absolute atomic E-state index is 5.06. The smallest absolute Gasteiger partial charge is 0.193 e. The van der Waals surface area contributed by atoms with Crippen molar-refractivity contribution in [2.24, 2.45) is 4.99 Å². The van der Waals surface area contributed by atoms with E-state index >= 15 is 0 Å². The molecular formula is C27H25N3. The first-order valence-corrected chi connectivity index (χ1v) is 10.5. The molecule has 4 aromatic carbocycles. The lowest BCUT2D eigenvalue weighted by molar-refractivity contribution is 0.568. The van der Waals surface area contributed by atoms with E-state index in [0.717, 1.165) is 5.96 Å². The second kappa shape index (κ2) is 8.03. The number of fused-ring (bicyclic) bond motifs is 1. The molecule has 148 valence electrons. The minimum atomic E-state index is 0.0378. The molecule has 0 saturated heterocycles. The lowest BCUT2D eigenvalue weighted by Gasteiger charge is -2.21. The molecule has 0 amide bonds. The molecule has 0 aliphatic carbocycles. The summed E-state index contributed by atoms with van der Waals surface area (Å²) in [6, 6.07) is 36.4. The van der Waals surface area contributed by atoms with Crippen LogP contribution in [0.1, 0.15) is 41.7 Å². The topological polar surface area (TPSA) is 36.4 Å². The number of hydrogen-bond donors (Lipinski definition) is 2. The van der Waals surface area contributed by atoms with Crippen molar-refractivity contribution in [3.63, 3.8) is 0 Å². The van der Waals surface area contributed by atoms with E-state index in [-0.39, 0.29) is 18.1 Å². The van der Waals surface area contributed by atoms with Crippen LogP contribution in [0, 0.1) is 0 Å². The molecule has 4 aromatic rings. The quantitative estimate of drug-likeness (QED) is 0.452. The van der Waals surface area contributed by atoms with E-state index in [1.165, 1.54) is 27.5 Å². The Labute approximate surface area is 177 Å². The molecule has 0 unspecified atom stereocenters. The van der Waals surface area contributed by atoms with Gasteiger partial charge in [0.2, 0.25) is 0 Å². The van der Waals surface area contributed by atoms with Crippen molar-refractivity contribution in [1.82, 2.24) is 10.6 Å². The van der Waals surface area contributed by atoms with Gasteiger partial charge in [0.1, 0.15) is 6.04 Å². The van der Waals surface area contributed by atoms with E-state index in [1.807, 2.05) is 0 Å². The predicted molar refractivity (Wildman–Crippen MR) is 124 cm³/mol. The zero-order valence-corrected chi connectivity index (χ0v) is 17.0. The number of rotatable bonds is 4. The highest BCUT2D eigenvalue weighted by molar-refractivity contribution is 5.88. The van der Waals surface area contributed by atoms with Gasteiger partial charge in [-0.15, -0.1) is 0 Å². The molecule has 30 heavy (non-hydrogen) atoms. The largest absolute Gasteiger partial charge is 0.350 e. The van der Waals surface area contributed by atoms with Crippen LogP contribution in [-0.2, 0) is 0 Å². The molecule has 5 rings (SSSR count). The van der Waals surface area contributed by atoms with Crippen molar-refractivity contribution in [3.05, 3.63) is 120 Å². The van der Waals surface area contributed by atoms with Gasteiger partial charge in [-0.2, -0.15) is 0 Å². The third-order valence-corrected chi connectivity index (χ3v) is 5.82. The van der Waals surface area contributed by atoms with Gasteiger partial charge in [-0.05, 0) is 34.4 Å². The van der Waals surface area contributed by atoms with Crippen LogP contribution >= 0.6 is 0 Å². The van der Waals surface area contributed by atoms with Crippen LogP contribution in [-0.4, -0.2) is 5.96 Å². The molecule has 2 N–H and O–H groups in total. The summed E-state index contributed by atoms with van der Waals surface area (Å²) in [6.45, 7) is 2.19. The summed E-state index contributed by atoms with van der Waals surface area (Å²) in [5.74, 6) is 0.846. The van der Waals surface area contributed by atoms with Crippen LogP contribution in [0.2, 0.25) is 0 Å². The van der Waals surface area contributed by atoms with Gasteiger partial charge in [0.15, 0.2) is 5.96 Å². The average molecular weight is 392 g/mol. The van der Waals surface area contributed by atoms with E-state index < -0.39 is 0 Å². The number of aliphatic imine (C=N–C) groups is 1. The van der Waals surface area contributed by atoms with Crippen LogP contribution in [0.25, 0.3) is 10.8 Å². The molecule has 0 radical (unpaired) electrons. The Balaban J connectivity index is 1.45. The van der Waals surface area contributed by atoms with Crippen LogP contribution in [0.3, 0.4) is 0 Å². The maximum Gasteiger partial charge on any atom is 0.193 e. The average Bonchev–Trinajstić information content (AvgIpc) is 3.23. The van der Waals surface area contributed by atoms with Crippen LogP contribution in [0.4, 0.5) is 0 Å². The van der Waals surface area contributed by atoms with Crippen molar-refractivity contribution in [3.8, 4) is 0 Å². The Morgan fingerprint density at radius 1 is 0.733 bits per heavy atom. The molecule has 3 atom stereocenters. The van der Waals surface area contributed by atoms with Crippen LogP contribution in [0.5, 0.6) is 0 Å². The van der Waals surface area contributed by atoms with Crippen molar-refractivity contribution in [2.75, 3.05) is 0 Å². The number of guanidine groups is 1. The van der Waals surface area contributed by atoms with E-state index in [2.05, 4.69) is 121 Å². The summed E-state index contributed by atoms with van der Waals surface area (Å²) in [7, 11) is 0. The Bertz CT molecular complexity index is 1160. The third kappa shape index (κ3) is 3.55. The normalized spacial score (nSPS) is 19.2. The van der Waals surface area contributed by atoms with Gasteiger partial charge in [0, 0.05) is 0 Å². The van der Waals surface area contributed by atoms with Gasteiger partial charge in [0.05, 0.1) is 12.1 Å². The van der Waals surface area contributed by atoms with Gasteiger partial charge < -0.3 is 10.6 Å². The third-order valence-electron chi connectivity index (χ3n) is 5.82. The summed E-state index contributed by atoms with van der Waals surface area (Å²) in [5, 5.41) is 9.80. The zero-order chi connectivity index (χ0) is 20.3. The van der Waals surface area contributed by atoms with Crippen molar-refractivity contribution < 1.29 is 0 Å². The second-order valence-electron chi connectivity index (χ2n) is 7.80. The van der Waals surface area contributed by atoms with Gasteiger partial charge >= 0.3 is 0 Å². The van der Waals surface area contributed by atoms with Gasteiger partial charge in [-0.1, -0.05) is 103 Å². The first-order chi connectivity index (χ1) is 14.8. The summed E-state index contributed by atoms with van der Waals surface area (Å²) in [6.07, 6.45) is 0. The fraction of sp³-hybridized carbons (Fsp3) is 0.148. The fourth-order valence-corrected chi connectivity index (χ4v) is 4.31. The Morgan fingerprint density at radius 3 is 2.13 bits per heavy atom. The van der Waals surface area contributed by atoms with Gasteiger partial charge in [-0.25, -0.2) is 4.99 Å². The van der Waals surface area contributed by atoms with E-state index in [1.54, 1.807) is 0 Å². The Hall–Kier alpha value is -3.59. The van der Waals surface area contributed by atoms with Crippen LogP contribution < -0.4 is 10.6 Å². The first kappa shape index (κ1) is 18.4. The number of nitrogens with zero attached hydrogens (tertiary/aromatic N) is 1. The Kier molecular flexibility index (Phi) is 4.94. The predicted octanol–water partition coefficient (Wildman–Crippen LogP) is 5.93. The highest BCUT2D eigenvalue weighted by Gasteiger charge is 2.31. The molecule has 0 saturated carbocycles. The molecule has 0 spiro atoms. The molecule has 3 heteroatoms. The molecule has 1 heterocycles. The molecule has 0 fully saturated rings. The SMILES string of the molecule is C[C@H](NC1=N[C@@H](c2ccccc2)[C@H](c2ccccc2)N1)c1cccc2ccccc12. The molecule has 0 aromatic heterocycles. The second-order valence-corrected chi connectivity index (χ2v) is 7.80. The zero-order valence-electron chi connectivity index (χ0n) is 17.0. The fourth-order valence-electron chi connectivity index (χ4n) is 4.31. The van der Waals surface area contributed by atoms with E-state index in [0.29, 0.717) is 0 Å². The van der Waals surface area contributed by atoms with Gasteiger partial charge in [-0.3, -0.25) is 0 Å². The van der Waals surface area contributed by atoms with Crippen molar-refractivity contribution in [1.29, 1.82) is 0 Å². The number of benzene rings is 4. The highest BCUT2D eigenvalue weighted by Crippen LogP contribution is 2.36. The monoisotopic (exact) mass is 391 g/mol. The lowest BCUT2D eigenvalue weighted by atomic mass is 9.95. The maximum atomic E-state index is 5.06. The first-order valence-electron chi connectivity index (χ1n) is 10.5. The minimum absolute atomic E-state index is 0.0378. The number of nitrogens with one attached hydrogen (secondary N) is 2. The van der Waals surface area contributed by atoms with Crippen molar-refractivity contribution >= 4 is 16.7 Å². The molecule has 3 nitrogen and oxygen atoms in total. The minimum Gasteiger partial charge on any atom is -0.350 e. The molecule has 1 aliphatic heterocycles. The molecule has 1 aliphatic rings. The summed E-state index contributed by atoms with van der Waals surface area (Å²) >= 11 is 0.